The zero-order chi connectivity index (χ0) is 16.4. The monoisotopic (exact) mass is 331 g/mol. The second kappa shape index (κ2) is 6.57. The van der Waals surface area contributed by atoms with Crippen molar-refractivity contribution in [2.75, 3.05) is 0 Å². The van der Waals surface area contributed by atoms with Crippen LogP contribution in [0.4, 0.5) is 0 Å². The third-order valence-corrected chi connectivity index (χ3v) is 9.34. The minimum absolute atomic E-state index is 0.183. The lowest BCUT2D eigenvalue weighted by Crippen LogP contribution is -2.55. The number of hydrogen-bond acceptors (Lipinski definition) is 3. The maximum Gasteiger partial charge on any atom is 0.344 e. The Balaban J connectivity index is 6.39. The van der Waals surface area contributed by atoms with E-state index in [0.717, 1.165) is 0 Å². The Morgan fingerprint density at radius 1 is 0.900 bits per heavy atom. The molecule has 20 heavy (non-hydrogen) atoms. The summed E-state index contributed by atoms with van der Waals surface area (Å²) >= 11 is 0. The highest BCUT2D eigenvalue weighted by Gasteiger charge is 2.66. The fraction of sp³-hybridized carbons (Fsp3) is 1.00. The van der Waals surface area contributed by atoms with Gasteiger partial charge < -0.3 is 25.3 Å². The molecular weight excluding hydrogens is 304 g/mol. The van der Waals surface area contributed by atoms with E-state index in [-0.39, 0.29) is 12.8 Å². The highest BCUT2D eigenvalue weighted by molar-refractivity contribution is 7.72. The van der Waals surface area contributed by atoms with Crippen LogP contribution in [-0.4, -0.2) is 30.0 Å². The molecule has 6 N–H and O–H groups in total. The fourth-order valence-corrected chi connectivity index (χ4v) is 7.04. The SMILES string of the molecule is CCC(C(N)(CC)CC)C(CC)(P(=O)(O)O)P(=O)(O)O. The van der Waals surface area contributed by atoms with Crippen LogP contribution in [-0.2, 0) is 9.13 Å². The molecule has 7 nitrogen and oxygen atoms in total. The molecule has 0 saturated carbocycles. The third kappa shape index (κ3) is 3.20. The number of rotatable bonds is 8. The van der Waals surface area contributed by atoms with E-state index in [9.17, 15) is 28.7 Å². The molecular formula is C11H27NO6P2. The molecule has 0 spiro atoms. The molecule has 9 heteroatoms. The summed E-state index contributed by atoms with van der Waals surface area (Å²) in [6.07, 6.45) is 0.606. The predicted octanol–water partition coefficient (Wildman–Crippen LogP) is 1.99. The van der Waals surface area contributed by atoms with Crippen molar-refractivity contribution in [3.63, 3.8) is 0 Å². The molecule has 0 aliphatic rings. The van der Waals surface area contributed by atoms with Gasteiger partial charge in [-0.05, 0) is 25.7 Å². The second-order valence-electron chi connectivity index (χ2n) is 5.22. The summed E-state index contributed by atoms with van der Waals surface area (Å²) in [7, 11) is -10.1. The van der Waals surface area contributed by atoms with Crippen LogP contribution in [0.3, 0.4) is 0 Å². The van der Waals surface area contributed by atoms with Gasteiger partial charge in [0.15, 0.2) is 4.90 Å². The van der Waals surface area contributed by atoms with Gasteiger partial charge in [0.25, 0.3) is 0 Å². The lowest BCUT2D eigenvalue weighted by Gasteiger charge is -2.48. The van der Waals surface area contributed by atoms with E-state index in [4.69, 9.17) is 5.73 Å². The first-order chi connectivity index (χ1) is 8.87. The average molecular weight is 331 g/mol. The molecule has 0 amide bonds. The molecule has 0 radical (unpaired) electrons. The molecule has 0 aliphatic carbocycles. The zero-order valence-electron chi connectivity index (χ0n) is 12.5. The molecule has 1 unspecified atom stereocenters. The van der Waals surface area contributed by atoms with Crippen LogP contribution in [0, 0.1) is 5.92 Å². The third-order valence-electron chi connectivity index (χ3n) is 4.51. The summed E-state index contributed by atoms with van der Waals surface area (Å²) in [5.41, 5.74) is 5.18. The van der Waals surface area contributed by atoms with Crippen LogP contribution in [0.15, 0.2) is 0 Å². The predicted molar refractivity (Wildman–Crippen MR) is 78.4 cm³/mol. The van der Waals surface area contributed by atoms with Crippen LogP contribution in [0.5, 0.6) is 0 Å². The van der Waals surface area contributed by atoms with Crippen LogP contribution in [0.1, 0.15) is 53.4 Å². The van der Waals surface area contributed by atoms with E-state index < -0.39 is 31.5 Å². The fourth-order valence-electron chi connectivity index (χ4n) is 3.17. The van der Waals surface area contributed by atoms with Crippen molar-refractivity contribution in [3.05, 3.63) is 0 Å². The Hall–Kier alpha value is 0.260. The highest BCUT2D eigenvalue weighted by Crippen LogP contribution is 2.75. The van der Waals surface area contributed by atoms with Crippen LogP contribution in [0.25, 0.3) is 0 Å². The van der Waals surface area contributed by atoms with Gasteiger partial charge in [0, 0.05) is 11.5 Å². The van der Waals surface area contributed by atoms with Gasteiger partial charge in [-0.25, -0.2) is 0 Å². The molecule has 1 atom stereocenters. The van der Waals surface area contributed by atoms with E-state index in [2.05, 4.69) is 0 Å². The highest BCUT2D eigenvalue weighted by atomic mass is 31.2. The molecule has 0 bridgehead atoms. The summed E-state index contributed by atoms with van der Waals surface area (Å²) in [6.45, 7) is 6.54. The maximum atomic E-state index is 12.0. The van der Waals surface area contributed by atoms with Crippen molar-refractivity contribution in [1.82, 2.24) is 0 Å². The van der Waals surface area contributed by atoms with E-state index in [0.29, 0.717) is 12.8 Å². The first-order valence-electron chi connectivity index (χ1n) is 6.78. The van der Waals surface area contributed by atoms with Gasteiger partial charge in [0.1, 0.15) is 0 Å². The Bertz CT molecular complexity index is 389. The topological polar surface area (TPSA) is 141 Å². The van der Waals surface area contributed by atoms with E-state index in [1.807, 2.05) is 0 Å². The zero-order valence-corrected chi connectivity index (χ0v) is 14.3. The normalized spacial score (nSPS) is 16.2. The summed E-state index contributed by atoms with van der Waals surface area (Å²) in [5, 5.41) is 0. The van der Waals surface area contributed by atoms with Crippen LogP contribution in [0.2, 0.25) is 0 Å². The molecule has 0 aromatic carbocycles. The van der Waals surface area contributed by atoms with Gasteiger partial charge >= 0.3 is 15.2 Å². The van der Waals surface area contributed by atoms with E-state index >= 15 is 0 Å². The van der Waals surface area contributed by atoms with Gasteiger partial charge in [-0.2, -0.15) is 0 Å². The van der Waals surface area contributed by atoms with Gasteiger partial charge in [-0.3, -0.25) is 9.13 Å². The number of hydrogen-bond donors (Lipinski definition) is 5. The van der Waals surface area contributed by atoms with Crippen molar-refractivity contribution in [3.8, 4) is 0 Å². The lowest BCUT2D eigenvalue weighted by atomic mass is 9.75. The second-order valence-corrected chi connectivity index (χ2v) is 9.35. The van der Waals surface area contributed by atoms with Crippen molar-refractivity contribution < 1.29 is 28.7 Å². The van der Waals surface area contributed by atoms with Crippen LogP contribution >= 0.6 is 15.2 Å². The van der Waals surface area contributed by atoms with Gasteiger partial charge in [-0.1, -0.05) is 27.7 Å². The quantitative estimate of drug-likeness (QED) is 0.428. The van der Waals surface area contributed by atoms with Crippen molar-refractivity contribution in [1.29, 1.82) is 0 Å². The molecule has 0 aromatic heterocycles. The first-order valence-corrected chi connectivity index (χ1v) is 10.0. The Kier molecular flexibility index (Phi) is 6.66. The Morgan fingerprint density at radius 2 is 1.25 bits per heavy atom. The smallest absolute Gasteiger partial charge is 0.325 e. The van der Waals surface area contributed by atoms with Gasteiger partial charge in [0.2, 0.25) is 0 Å². The van der Waals surface area contributed by atoms with E-state index in [1.54, 1.807) is 20.8 Å². The molecule has 0 fully saturated rings. The molecule has 0 aliphatic heterocycles. The van der Waals surface area contributed by atoms with E-state index in [1.165, 1.54) is 6.92 Å². The Morgan fingerprint density at radius 3 is 1.40 bits per heavy atom. The summed E-state index contributed by atoms with van der Waals surface area (Å²) in [5.74, 6) is -0.975. The number of nitrogens with two attached hydrogens (primary N) is 1. The van der Waals surface area contributed by atoms with Crippen molar-refractivity contribution in [2.24, 2.45) is 11.7 Å². The summed E-state index contributed by atoms with van der Waals surface area (Å²) in [6, 6.07) is 0. The lowest BCUT2D eigenvalue weighted by molar-refractivity contribution is 0.172. The molecule has 0 saturated heterocycles. The van der Waals surface area contributed by atoms with Crippen LogP contribution < -0.4 is 5.73 Å². The largest absolute Gasteiger partial charge is 0.344 e. The molecule has 0 aromatic rings. The summed E-state index contributed by atoms with van der Waals surface area (Å²) < 4.78 is 23.9. The molecule has 0 rings (SSSR count). The standard InChI is InChI=1S/C11H27NO6P2/c1-5-9(10(12,6-2)7-3)11(8-4,19(13,14)15)20(16,17)18/h9H,5-8,12H2,1-4H3,(H2,13,14,15)(H2,16,17,18). The van der Waals surface area contributed by atoms with Gasteiger partial charge in [-0.15, -0.1) is 0 Å². The maximum absolute atomic E-state index is 12.0. The minimum atomic E-state index is -5.07. The van der Waals surface area contributed by atoms with Crippen molar-refractivity contribution in [2.45, 2.75) is 63.8 Å². The Labute approximate surface area is 120 Å². The van der Waals surface area contributed by atoms with Gasteiger partial charge in [0.05, 0.1) is 0 Å². The van der Waals surface area contributed by atoms with Crippen molar-refractivity contribution >= 4 is 15.2 Å². The minimum Gasteiger partial charge on any atom is -0.325 e. The molecule has 0 heterocycles. The molecule has 122 valence electrons. The first kappa shape index (κ1) is 20.3. The average Bonchev–Trinajstić information content (AvgIpc) is 2.31. The summed E-state index contributed by atoms with van der Waals surface area (Å²) in [4.78, 5) is 36.3.